The Morgan fingerprint density at radius 2 is 1.81 bits per heavy atom. The summed E-state index contributed by atoms with van der Waals surface area (Å²) >= 11 is 0. The predicted molar refractivity (Wildman–Crippen MR) is 86.7 cm³/mol. The van der Waals surface area contributed by atoms with Crippen LogP contribution in [-0.4, -0.2) is 33.0 Å². The highest BCUT2D eigenvalue weighted by atomic mass is 16.5. The second-order valence-corrected chi connectivity index (χ2v) is 6.86. The molecule has 1 aromatic rings. The number of hydrogen-bond acceptors (Lipinski definition) is 3. The van der Waals surface area contributed by atoms with Crippen molar-refractivity contribution in [2.45, 2.75) is 51.2 Å². The van der Waals surface area contributed by atoms with E-state index < -0.39 is 0 Å². The maximum atomic E-state index is 6.05. The second-order valence-electron chi connectivity index (χ2n) is 6.86. The standard InChI is InChI=1S/C18H29NO2/c1-18(2,3)15-7-5-14(6-8-15)17(19-4)13-21-16-9-11-20-12-10-16/h5-8,16-17,19H,9-13H2,1-4H3. The molecule has 0 aromatic heterocycles. The summed E-state index contributed by atoms with van der Waals surface area (Å²) in [5.74, 6) is 0. The Kier molecular flexibility index (Phi) is 5.80. The highest BCUT2D eigenvalue weighted by Crippen LogP contribution is 2.24. The van der Waals surface area contributed by atoms with Gasteiger partial charge in [0.15, 0.2) is 0 Å². The molecule has 1 atom stereocenters. The molecule has 3 nitrogen and oxygen atoms in total. The van der Waals surface area contributed by atoms with Crippen LogP contribution in [0, 0.1) is 0 Å². The average Bonchev–Trinajstić information content (AvgIpc) is 2.48. The highest BCUT2D eigenvalue weighted by Gasteiger charge is 2.18. The molecule has 3 heteroatoms. The van der Waals surface area contributed by atoms with Crippen molar-refractivity contribution in [2.75, 3.05) is 26.9 Å². The summed E-state index contributed by atoms with van der Waals surface area (Å²) in [7, 11) is 2.00. The minimum atomic E-state index is 0.201. The molecule has 1 saturated heterocycles. The van der Waals surface area contributed by atoms with Crippen LogP contribution in [0.4, 0.5) is 0 Å². The van der Waals surface area contributed by atoms with Gasteiger partial charge in [-0.05, 0) is 36.4 Å². The zero-order valence-corrected chi connectivity index (χ0v) is 13.8. The summed E-state index contributed by atoms with van der Waals surface area (Å²) in [5.41, 5.74) is 2.86. The van der Waals surface area contributed by atoms with Crippen LogP contribution in [0.15, 0.2) is 24.3 Å². The van der Waals surface area contributed by atoms with E-state index in [1.165, 1.54) is 11.1 Å². The molecule has 1 N–H and O–H groups in total. The summed E-state index contributed by atoms with van der Waals surface area (Å²) in [6.45, 7) is 9.10. The minimum absolute atomic E-state index is 0.201. The molecule has 0 bridgehead atoms. The number of nitrogens with one attached hydrogen (secondary N) is 1. The van der Waals surface area contributed by atoms with E-state index in [1.807, 2.05) is 7.05 Å². The van der Waals surface area contributed by atoms with Crippen molar-refractivity contribution >= 4 is 0 Å². The quantitative estimate of drug-likeness (QED) is 0.901. The minimum Gasteiger partial charge on any atom is -0.381 e. The van der Waals surface area contributed by atoms with Crippen molar-refractivity contribution in [3.8, 4) is 0 Å². The molecule has 0 aliphatic carbocycles. The Hall–Kier alpha value is -0.900. The lowest BCUT2D eigenvalue weighted by Crippen LogP contribution is -2.29. The van der Waals surface area contributed by atoms with Crippen LogP contribution < -0.4 is 5.32 Å². The second kappa shape index (κ2) is 7.39. The largest absolute Gasteiger partial charge is 0.381 e. The number of ether oxygens (including phenoxy) is 2. The fourth-order valence-corrected chi connectivity index (χ4v) is 2.64. The number of likely N-dealkylation sites (N-methyl/N-ethyl adjacent to an activating group) is 1. The SMILES string of the molecule is CNC(COC1CCOCC1)c1ccc(C(C)(C)C)cc1. The molecule has 0 amide bonds. The molecule has 0 radical (unpaired) electrons. The van der Waals surface area contributed by atoms with Crippen molar-refractivity contribution in [2.24, 2.45) is 0 Å². The topological polar surface area (TPSA) is 30.5 Å². The lowest BCUT2D eigenvalue weighted by molar-refractivity contribution is -0.0378. The molecule has 1 fully saturated rings. The van der Waals surface area contributed by atoms with Gasteiger partial charge in [-0.25, -0.2) is 0 Å². The lowest BCUT2D eigenvalue weighted by Gasteiger charge is -2.26. The highest BCUT2D eigenvalue weighted by molar-refractivity contribution is 5.29. The van der Waals surface area contributed by atoms with E-state index in [2.05, 4.69) is 50.4 Å². The molecule has 0 saturated carbocycles. The Labute approximate surface area is 129 Å². The van der Waals surface area contributed by atoms with Crippen LogP contribution in [0.2, 0.25) is 0 Å². The smallest absolute Gasteiger partial charge is 0.0665 e. The maximum absolute atomic E-state index is 6.05. The molecule has 1 unspecified atom stereocenters. The Balaban J connectivity index is 1.93. The van der Waals surface area contributed by atoms with Gasteiger partial charge < -0.3 is 14.8 Å². The van der Waals surface area contributed by atoms with Crippen LogP contribution in [0.25, 0.3) is 0 Å². The monoisotopic (exact) mass is 291 g/mol. The first kappa shape index (κ1) is 16.5. The van der Waals surface area contributed by atoms with Gasteiger partial charge in [0.05, 0.1) is 18.8 Å². The summed E-state index contributed by atoms with van der Waals surface area (Å²) in [6, 6.07) is 9.15. The molecule has 1 aliphatic rings. The van der Waals surface area contributed by atoms with Gasteiger partial charge in [-0.2, -0.15) is 0 Å². The van der Waals surface area contributed by atoms with Gasteiger partial charge in [0.1, 0.15) is 0 Å². The third-order valence-corrected chi connectivity index (χ3v) is 4.19. The molecular formula is C18H29NO2. The van der Waals surface area contributed by atoms with Crippen molar-refractivity contribution in [1.82, 2.24) is 5.32 Å². The van der Waals surface area contributed by atoms with Gasteiger partial charge in [0.2, 0.25) is 0 Å². The van der Waals surface area contributed by atoms with Crippen LogP contribution in [0.3, 0.4) is 0 Å². The molecule has 2 rings (SSSR count). The summed E-state index contributed by atoms with van der Waals surface area (Å²) in [6.07, 6.45) is 2.38. The number of hydrogen-bond donors (Lipinski definition) is 1. The Bertz CT molecular complexity index is 416. The summed E-state index contributed by atoms with van der Waals surface area (Å²) in [4.78, 5) is 0. The fourth-order valence-electron chi connectivity index (χ4n) is 2.64. The summed E-state index contributed by atoms with van der Waals surface area (Å²) in [5, 5.41) is 3.36. The zero-order valence-electron chi connectivity index (χ0n) is 13.8. The van der Waals surface area contributed by atoms with Gasteiger partial charge in [0, 0.05) is 13.2 Å². The first-order valence-electron chi connectivity index (χ1n) is 7.98. The molecular weight excluding hydrogens is 262 g/mol. The molecule has 21 heavy (non-hydrogen) atoms. The van der Waals surface area contributed by atoms with Gasteiger partial charge in [0.25, 0.3) is 0 Å². The summed E-state index contributed by atoms with van der Waals surface area (Å²) < 4.78 is 11.4. The molecule has 1 aliphatic heterocycles. The van der Waals surface area contributed by atoms with Crippen molar-refractivity contribution < 1.29 is 9.47 Å². The predicted octanol–water partition coefficient (Wildman–Crippen LogP) is 3.44. The first-order valence-corrected chi connectivity index (χ1v) is 7.98. The number of rotatable bonds is 5. The van der Waals surface area contributed by atoms with Gasteiger partial charge in [-0.3, -0.25) is 0 Å². The van der Waals surface area contributed by atoms with Crippen molar-refractivity contribution in [1.29, 1.82) is 0 Å². The van der Waals surface area contributed by atoms with Crippen molar-refractivity contribution in [3.05, 3.63) is 35.4 Å². The van der Waals surface area contributed by atoms with Crippen molar-refractivity contribution in [3.63, 3.8) is 0 Å². The van der Waals surface area contributed by atoms with Crippen LogP contribution in [0.5, 0.6) is 0 Å². The Morgan fingerprint density at radius 3 is 2.33 bits per heavy atom. The van der Waals surface area contributed by atoms with Crippen LogP contribution in [-0.2, 0) is 14.9 Å². The molecule has 0 spiro atoms. The third-order valence-electron chi connectivity index (χ3n) is 4.19. The van der Waals surface area contributed by atoms with Gasteiger partial charge in [-0.1, -0.05) is 45.0 Å². The third kappa shape index (κ3) is 4.80. The van der Waals surface area contributed by atoms with E-state index in [-0.39, 0.29) is 11.5 Å². The average molecular weight is 291 g/mol. The molecule has 1 aromatic carbocycles. The zero-order chi connectivity index (χ0) is 15.3. The maximum Gasteiger partial charge on any atom is 0.0665 e. The van der Waals surface area contributed by atoms with Crippen LogP contribution in [0.1, 0.15) is 50.8 Å². The molecule has 118 valence electrons. The fraction of sp³-hybridized carbons (Fsp3) is 0.667. The van der Waals surface area contributed by atoms with E-state index in [9.17, 15) is 0 Å². The Morgan fingerprint density at radius 1 is 1.19 bits per heavy atom. The van der Waals surface area contributed by atoms with E-state index in [1.54, 1.807) is 0 Å². The van der Waals surface area contributed by atoms with E-state index in [0.29, 0.717) is 6.10 Å². The first-order chi connectivity index (χ1) is 10.0. The van der Waals surface area contributed by atoms with Gasteiger partial charge in [-0.15, -0.1) is 0 Å². The van der Waals surface area contributed by atoms with E-state index in [0.717, 1.165) is 32.7 Å². The molecule has 1 heterocycles. The normalized spacial score (nSPS) is 18.7. The van der Waals surface area contributed by atoms with E-state index in [4.69, 9.17) is 9.47 Å². The van der Waals surface area contributed by atoms with Gasteiger partial charge >= 0.3 is 0 Å². The lowest BCUT2D eigenvalue weighted by atomic mass is 9.86. The van der Waals surface area contributed by atoms with E-state index >= 15 is 0 Å². The number of benzene rings is 1. The van der Waals surface area contributed by atoms with Crippen LogP contribution >= 0.6 is 0 Å².